The highest BCUT2D eigenvalue weighted by atomic mass is 16.2. The van der Waals surface area contributed by atoms with Gasteiger partial charge in [0.15, 0.2) is 0 Å². The number of carbonyl (C=O) groups excluding carboxylic acids is 1. The number of carbonyl (C=O) groups is 1. The Bertz CT molecular complexity index is 506. The lowest BCUT2D eigenvalue weighted by molar-refractivity contribution is -0.128. The number of anilines is 2. The summed E-state index contributed by atoms with van der Waals surface area (Å²) in [4.78, 5) is 16.6. The Morgan fingerprint density at radius 1 is 1.25 bits per heavy atom. The van der Waals surface area contributed by atoms with Crippen LogP contribution in [-0.2, 0) is 4.79 Å². The summed E-state index contributed by atoms with van der Waals surface area (Å²) in [7, 11) is 0. The number of hydrogen-bond donors (Lipinski definition) is 1. The summed E-state index contributed by atoms with van der Waals surface area (Å²) in [6.45, 7) is 7.55. The minimum atomic E-state index is -0.0142. The zero-order valence-corrected chi connectivity index (χ0v) is 12.4. The highest BCUT2D eigenvalue weighted by Gasteiger charge is 2.31. The van der Waals surface area contributed by atoms with E-state index >= 15 is 0 Å². The second kappa shape index (κ2) is 5.00. The number of likely N-dealkylation sites (tertiary alicyclic amines) is 1. The Balaban J connectivity index is 1.80. The summed E-state index contributed by atoms with van der Waals surface area (Å²) in [6.07, 6.45) is 2.30. The van der Waals surface area contributed by atoms with Crippen LogP contribution in [0, 0.1) is 0 Å². The number of benzene rings is 1. The number of para-hydroxylation sites is 2. The van der Waals surface area contributed by atoms with E-state index in [2.05, 4.69) is 36.2 Å². The summed E-state index contributed by atoms with van der Waals surface area (Å²) < 4.78 is 0. The van der Waals surface area contributed by atoms with Crippen LogP contribution in [0.15, 0.2) is 24.3 Å². The molecule has 0 saturated carbocycles. The molecule has 20 heavy (non-hydrogen) atoms. The third-order valence-electron chi connectivity index (χ3n) is 4.09. The third kappa shape index (κ3) is 2.60. The first-order chi connectivity index (χ1) is 9.55. The molecule has 0 radical (unpaired) electrons. The van der Waals surface area contributed by atoms with Gasteiger partial charge in [0.25, 0.3) is 0 Å². The van der Waals surface area contributed by atoms with Crippen LogP contribution >= 0.6 is 0 Å². The van der Waals surface area contributed by atoms with Gasteiger partial charge in [0, 0.05) is 25.2 Å². The van der Waals surface area contributed by atoms with Gasteiger partial charge < -0.3 is 15.1 Å². The minimum absolute atomic E-state index is 0.0142. The van der Waals surface area contributed by atoms with Crippen LogP contribution in [0.5, 0.6) is 0 Å². The molecule has 0 aliphatic carbocycles. The SMILES string of the molecule is CC1(C)CN(CC(=O)N2CCCC2)c2ccccc2N1. The van der Waals surface area contributed by atoms with Gasteiger partial charge in [0.2, 0.25) is 5.91 Å². The Labute approximate surface area is 120 Å². The zero-order valence-electron chi connectivity index (χ0n) is 12.4. The molecule has 0 bridgehead atoms. The van der Waals surface area contributed by atoms with E-state index in [4.69, 9.17) is 0 Å². The largest absolute Gasteiger partial charge is 0.377 e. The van der Waals surface area contributed by atoms with Crippen LogP contribution in [0.25, 0.3) is 0 Å². The second-order valence-electron chi connectivity index (χ2n) is 6.47. The Morgan fingerprint density at radius 2 is 1.95 bits per heavy atom. The summed E-state index contributed by atoms with van der Waals surface area (Å²) >= 11 is 0. The maximum Gasteiger partial charge on any atom is 0.242 e. The van der Waals surface area contributed by atoms with Gasteiger partial charge >= 0.3 is 0 Å². The van der Waals surface area contributed by atoms with Crippen molar-refractivity contribution >= 4 is 17.3 Å². The fraction of sp³-hybridized carbons (Fsp3) is 0.562. The maximum atomic E-state index is 12.4. The standard InChI is InChI=1S/C16H23N3O/c1-16(2)12-19(11-15(20)18-9-5-6-10-18)14-8-4-3-7-13(14)17-16/h3-4,7-8,17H,5-6,9-12H2,1-2H3. The van der Waals surface area contributed by atoms with Crippen LogP contribution in [-0.4, -0.2) is 42.5 Å². The Morgan fingerprint density at radius 3 is 2.70 bits per heavy atom. The zero-order chi connectivity index (χ0) is 14.2. The molecule has 1 amide bonds. The summed E-state index contributed by atoms with van der Waals surface area (Å²) in [5, 5.41) is 3.54. The molecule has 3 rings (SSSR count). The molecule has 108 valence electrons. The number of nitrogens with zero attached hydrogens (tertiary/aromatic N) is 2. The van der Waals surface area contributed by atoms with Crippen LogP contribution < -0.4 is 10.2 Å². The highest BCUT2D eigenvalue weighted by Crippen LogP contribution is 2.34. The fourth-order valence-electron chi connectivity index (χ4n) is 3.19. The van der Waals surface area contributed by atoms with E-state index in [0.29, 0.717) is 6.54 Å². The molecule has 1 aromatic carbocycles. The van der Waals surface area contributed by atoms with E-state index in [0.717, 1.165) is 43.9 Å². The third-order valence-corrected chi connectivity index (χ3v) is 4.09. The summed E-state index contributed by atoms with van der Waals surface area (Å²) in [5.41, 5.74) is 2.25. The van der Waals surface area contributed by atoms with Gasteiger partial charge in [0.05, 0.1) is 17.9 Å². The van der Waals surface area contributed by atoms with Gasteiger partial charge in [-0.15, -0.1) is 0 Å². The van der Waals surface area contributed by atoms with E-state index in [1.54, 1.807) is 0 Å². The Hall–Kier alpha value is -1.71. The number of rotatable bonds is 2. The molecular formula is C16H23N3O. The molecule has 1 N–H and O–H groups in total. The monoisotopic (exact) mass is 273 g/mol. The van der Waals surface area contributed by atoms with Gasteiger partial charge in [-0.1, -0.05) is 12.1 Å². The average molecular weight is 273 g/mol. The van der Waals surface area contributed by atoms with Gasteiger partial charge in [-0.3, -0.25) is 4.79 Å². The average Bonchev–Trinajstić information content (AvgIpc) is 2.91. The van der Waals surface area contributed by atoms with Crippen molar-refractivity contribution in [3.8, 4) is 0 Å². The van der Waals surface area contributed by atoms with Crippen molar-refractivity contribution in [3.63, 3.8) is 0 Å². The van der Waals surface area contributed by atoms with E-state index in [1.165, 1.54) is 0 Å². The van der Waals surface area contributed by atoms with E-state index < -0.39 is 0 Å². The van der Waals surface area contributed by atoms with Crippen molar-refractivity contribution in [1.82, 2.24) is 4.90 Å². The summed E-state index contributed by atoms with van der Waals surface area (Å²) in [5.74, 6) is 0.259. The van der Waals surface area contributed by atoms with E-state index in [9.17, 15) is 4.79 Å². The normalized spacial score (nSPS) is 20.5. The second-order valence-corrected chi connectivity index (χ2v) is 6.47. The van der Waals surface area contributed by atoms with Crippen LogP contribution in [0.3, 0.4) is 0 Å². The number of hydrogen-bond acceptors (Lipinski definition) is 3. The van der Waals surface area contributed by atoms with Crippen LogP contribution in [0.2, 0.25) is 0 Å². The number of amides is 1. The molecule has 4 nitrogen and oxygen atoms in total. The highest BCUT2D eigenvalue weighted by molar-refractivity contribution is 5.84. The first-order valence-electron chi connectivity index (χ1n) is 7.45. The van der Waals surface area contributed by atoms with E-state index in [1.807, 2.05) is 17.0 Å². The molecule has 0 atom stereocenters. The maximum absolute atomic E-state index is 12.4. The first kappa shape index (κ1) is 13.3. The van der Waals surface area contributed by atoms with Crippen LogP contribution in [0.1, 0.15) is 26.7 Å². The lowest BCUT2D eigenvalue weighted by Crippen LogP contribution is -2.51. The van der Waals surface area contributed by atoms with Crippen molar-refractivity contribution in [2.75, 3.05) is 36.4 Å². The van der Waals surface area contributed by atoms with Crippen molar-refractivity contribution in [2.45, 2.75) is 32.2 Å². The molecule has 0 spiro atoms. The molecule has 2 heterocycles. The molecule has 1 aromatic rings. The molecular weight excluding hydrogens is 250 g/mol. The fourth-order valence-corrected chi connectivity index (χ4v) is 3.19. The van der Waals surface area contributed by atoms with Gasteiger partial charge in [0.1, 0.15) is 0 Å². The molecule has 1 saturated heterocycles. The Kier molecular flexibility index (Phi) is 3.32. The van der Waals surface area contributed by atoms with Gasteiger partial charge in [-0.25, -0.2) is 0 Å². The molecule has 1 fully saturated rings. The van der Waals surface area contributed by atoms with Crippen LogP contribution in [0.4, 0.5) is 11.4 Å². The van der Waals surface area contributed by atoms with Crippen molar-refractivity contribution in [2.24, 2.45) is 0 Å². The minimum Gasteiger partial charge on any atom is -0.377 e. The summed E-state index contributed by atoms with van der Waals surface area (Å²) in [6, 6.07) is 8.25. The number of fused-ring (bicyclic) bond motifs is 1. The van der Waals surface area contributed by atoms with Crippen molar-refractivity contribution < 1.29 is 4.79 Å². The lowest BCUT2D eigenvalue weighted by Gasteiger charge is -2.42. The smallest absolute Gasteiger partial charge is 0.242 e. The van der Waals surface area contributed by atoms with Gasteiger partial charge in [-0.05, 0) is 38.8 Å². The predicted octanol–water partition coefficient (Wildman–Crippen LogP) is 2.32. The first-order valence-corrected chi connectivity index (χ1v) is 7.45. The molecule has 0 unspecified atom stereocenters. The molecule has 0 aromatic heterocycles. The quantitative estimate of drug-likeness (QED) is 0.898. The molecule has 2 aliphatic rings. The van der Waals surface area contributed by atoms with Gasteiger partial charge in [-0.2, -0.15) is 0 Å². The topological polar surface area (TPSA) is 35.6 Å². The predicted molar refractivity (Wildman–Crippen MR) is 82.2 cm³/mol. The van der Waals surface area contributed by atoms with Crippen molar-refractivity contribution in [1.29, 1.82) is 0 Å². The lowest BCUT2D eigenvalue weighted by atomic mass is 9.99. The van der Waals surface area contributed by atoms with E-state index in [-0.39, 0.29) is 11.4 Å². The molecule has 2 aliphatic heterocycles. The number of nitrogens with one attached hydrogen (secondary N) is 1. The molecule has 4 heteroatoms. The van der Waals surface area contributed by atoms with Crippen molar-refractivity contribution in [3.05, 3.63) is 24.3 Å².